The number of amides is 1. The largest absolute Gasteiger partial charge is 0.310 e. The average molecular weight is 376 g/mol. The first kappa shape index (κ1) is 16.4. The summed E-state index contributed by atoms with van der Waals surface area (Å²) in [4.78, 5) is 19.1. The molecule has 0 saturated heterocycles. The highest BCUT2D eigenvalue weighted by atomic mass is 79.9. The summed E-state index contributed by atoms with van der Waals surface area (Å²) in [6.45, 7) is 0. The number of hydrogen-bond acceptors (Lipinski definition) is 3. The summed E-state index contributed by atoms with van der Waals surface area (Å²) in [7, 11) is 4.23. The second kappa shape index (κ2) is 6.97. The van der Waals surface area contributed by atoms with Crippen LogP contribution in [0.2, 0.25) is 0 Å². The molecular weight excluding hydrogens is 354 g/mol. The SMILES string of the molecule is CN(C)C1CCC(C(=O)Nc2cc3cc(Br)ccc3cn2)CC1. The third-order valence-corrected chi connectivity index (χ3v) is 5.23. The minimum Gasteiger partial charge on any atom is -0.310 e. The maximum Gasteiger partial charge on any atom is 0.228 e. The standard InChI is InChI=1S/C18H22BrN3O/c1-22(2)16-7-4-12(5-8-16)18(23)21-17-10-14-9-15(19)6-3-13(14)11-20-17/h3,6,9-12,16H,4-5,7-8H2,1-2H3,(H,20,21,23). The fourth-order valence-corrected chi connectivity index (χ4v) is 3.64. The number of halogens is 1. The fourth-order valence-electron chi connectivity index (χ4n) is 3.26. The number of fused-ring (bicyclic) bond motifs is 1. The summed E-state index contributed by atoms with van der Waals surface area (Å²) in [6, 6.07) is 8.58. The molecular formula is C18H22BrN3O. The van der Waals surface area contributed by atoms with E-state index < -0.39 is 0 Å². The Labute approximate surface area is 145 Å². The Hall–Kier alpha value is -1.46. The molecule has 4 nitrogen and oxygen atoms in total. The first-order chi connectivity index (χ1) is 11.0. The topological polar surface area (TPSA) is 45.2 Å². The van der Waals surface area contributed by atoms with Crippen molar-refractivity contribution >= 4 is 38.4 Å². The zero-order valence-electron chi connectivity index (χ0n) is 13.6. The molecule has 2 aromatic rings. The van der Waals surface area contributed by atoms with Gasteiger partial charge in [-0.2, -0.15) is 0 Å². The van der Waals surface area contributed by atoms with Crippen molar-refractivity contribution in [3.8, 4) is 0 Å². The molecule has 1 fully saturated rings. The number of nitrogens with one attached hydrogen (secondary N) is 1. The summed E-state index contributed by atoms with van der Waals surface area (Å²) in [5.74, 6) is 0.839. The first-order valence-electron chi connectivity index (χ1n) is 8.05. The predicted molar refractivity (Wildman–Crippen MR) is 97.5 cm³/mol. The number of carbonyl (C=O) groups excluding carboxylic acids is 1. The molecule has 0 bridgehead atoms. The van der Waals surface area contributed by atoms with Gasteiger partial charge in [0.25, 0.3) is 0 Å². The molecule has 1 heterocycles. The number of rotatable bonds is 3. The normalized spacial score (nSPS) is 21.6. The van der Waals surface area contributed by atoms with Gasteiger partial charge in [-0.3, -0.25) is 4.79 Å². The number of anilines is 1. The van der Waals surface area contributed by atoms with Gasteiger partial charge in [-0.05, 0) is 63.4 Å². The van der Waals surface area contributed by atoms with Crippen molar-refractivity contribution in [1.82, 2.24) is 9.88 Å². The summed E-state index contributed by atoms with van der Waals surface area (Å²) < 4.78 is 1.02. The Morgan fingerprint density at radius 2 is 1.91 bits per heavy atom. The quantitative estimate of drug-likeness (QED) is 0.879. The van der Waals surface area contributed by atoms with E-state index in [2.05, 4.69) is 45.2 Å². The number of benzene rings is 1. The minimum atomic E-state index is 0.101. The van der Waals surface area contributed by atoms with Gasteiger partial charge in [-0.15, -0.1) is 0 Å². The summed E-state index contributed by atoms with van der Waals surface area (Å²) in [5, 5.41) is 5.13. The van der Waals surface area contributed by atoms with Crippen molar-refractivity contribution < 1.29 is 4.79 Å². The van der Waals surface area contributed by atoms with Crippen molar-refractivity contribution in [2.24, 2.45) is 5.92 Å². The lowest BCUT2D eigenvalue weighted by atomic mass is 9.85. The number of carbonyl (C=O) groups is 1. The van der Waals surface area contributed by atoms with Crippen molar-refractivity contribution in [2.75, 3.05) is 19.4 Å². The van der Waals surface area contributed by atoms with Crippen LogP contribution in [0.15, 0.2) is 34.9 Å². The molecule has 1 amide bonds. The number of hydrogen-bond donors (Lipinski definition) is 1. The molecule has 3 rings (SSSR count). The van der Waals surface area contributed by atoms with E-state index in [-0.39, 0.29) is 11.8 Å². The smallest absolute Gasteiger partial charge is 0.228 e. The maximum absolute atomic E-state index is 12.5. The first-order valence-corrected chi connectivity index (χ1v) is 8.85. The second-order valence-electron chi connectivity index (χ2n) is 6.52. The lowest BCUT2D eigenvalue weighted by Crippen LogP contribution is -2.35. The van der Waals surface area contributed by atoms with Gasteiger partial charge < -0.3 is 10.2 Å². The van der Waals surface area contributed by atoms with Crippen molar-refractivity contribution in [2.45, 2.75) is 31.7 Å². The predicted octanol–water partition coefficient (Wildman–Crippen LogP) is 4.06. The van der Waals surface area contributed by atoms with Gasteiger partial charge in [0.2, 0.25) is 5.91 Å². The molecule has 1 aromatic carbocycles. The number of aromatic nitrogens is 1. The van der Waals surface area contributed by atoms with Gasteiger partial charge in [0, 0.05) is 28.0 Å². The monoisotopic (exact) mass is 375 g/mol. The van der Waals surface area contributed by atoms with Crippen LogP contribution in [0.5, 0.6) is 0 Å². The molecule has 1 saturated carbocycles. The second-order valence-corrected chi connectivity index (χ2v) is 7.44. The van der Waals surface area contributed by atoms with E-state index in [1.54, 1.807) is 6.20 Å². The Morgan fingerprint density at radius 3 is 2.61 bits per heavy atom. The Kier molecular flexibility index (Phi) is 4.97. The van der Waals surface area contributed by atoms with Crippen LogP contribution in [-0.2, 0) is 4.79 Å². The van der Waals surface area contributed by atoms with Crippen molar-refractivity contribution in [3.05, 3.63) is 34.9 Å². The van der Waals surface area contributed by atoms with Crippen molar-refractivity contribution in [1.29, 1.82) is 0 Å². The third-order valence-electron chi connectivity index (χ3n) is 4.73. The Bertz CT molecular complexity index is 708. The highest BCUT2D eigenvalue weighted by molar-refractivity contribution is 9.10. The van der Waals surface area contributed by atoms with E-state index >= 15 is 0 Å². The molecule has 23 heavy (non-hydrogen) atoms. The van der Waals surface area contributed by atoms with E-state index in [4.69, 9.17) is 0 Å². The molecule has 0 aliphatic heterocycles. The molecule has 1 aliphatic rings. The van der Waals surface area contributed by atoms with E-state index in [1.165, 1.54) is 0 Å². The van der Waals surface area contributed by atoms with Crippen LogP contribution in [-0.4, -0.2) is 35.9 Å². The van der Waals surface area contributed by atoms with E-state index in [9.17, 15) is 4.79 Å². The molecule has 5 heteroatoms. The number of pyridine rings is 1. The maximum atomic E-state index is 12.5. The van der Waals surface area contributed by atoms with Crippen molar-refractivity contribution in [3.63, 3.8) is 0 Å². The van der Waals surface area contributed by atoms with E-state index in [0.717, 1.165) is 40.9 Å². The Morgan fingerprint density at radius 1 is 1.17 bits per heavy atom. The summed E-state index contributed by atoms with van der Waals surface area (Å²) >= 11 is 3.48. The number of nitrogens with zero attached hydrogens (tertiary/aromatic N) is 2. The van der Waals surface area contributed by atoms with Crippen LogP contribution >= 0.6 is 15.9 Å². The fraction of sp³-hybridized carbons (Fsp3) is 0.444. The van der Waals surface area contributed by atoms with Gasteiger partial charge in [0.05, 0.1) is 0 Å². The van der Waals surface area contributed by atoms with Crippen LogP contribution < -0.4 is 5.32 Å². The molecule has 1 N–H and O–H groups in total. The third kappa shape index (κ3) is 3.90. The van der Waals surface area contributed by atoms with E-state index in [0.29, 0.717) is 11.9 Å². The van der Waals surface area contributed by atoms with Crippen LogP contribution in [0.25, 0.3) is 10.8 Å². The zero-order valence-corrected chi connectivity index (χ0v) is 15.1. The average Bonchev–Trinajstić information content (AvgIpc) is 2.54. The highest BCUT2D eigenvalue weighted by Crippen LogP contribution is 2.28. The Balaban J connectivity index is 1.66. The lowest BCUT2D eigenvalue weighted by molar-refractivity contribution is -0.121. The van der Waals surface area contributed by atoms with Crippen LogP contribution in [0, 0.1) is 5.92 Å². The van der Waals surface area contributed by atoms with Crippen LogP contribution in [0.3, 0.4) is 0 Å². The zero-order chi connectivity index (χ0) is 16.4. The van der Waals surface area contributed by atoms with Crippen LogP contribution in [0.4, 0.5) is 5.82 Å². The van der Waals surface area contributed by atoms with Gasteiger partial charge in [0.15, 0.2) is 0 Å². The molecule has 1 aromatic heterocycles. The summed E-state index contributed by atoms with van der Waals surface area (Å²) in [5.41, 5.74) is 0. The highest BCUT2D eigenvalue weighted by Gasteiger charge is 2.27. The minimum absolute atomic E-state index is 0.101. The van der Waals surface area contributed by atoms with Gasteiger partial charge in [0.1, 0.15) is 5.82 Å². The van der Waals surface area contributed by atoms with Gasteiger partial charge in [-0.1, -0.05) is 22.0 Å². The molecule has 0 radical (unpaired) electrons. The molecule has 0 spiro atoms. The molecule has 0 atom stereocenters. The molecule has 122 valence electrons. The molecule has 0 unspecified atom stereocenters. The van der Waals surface area contributed by atoms with Gasteiger partial charge in [-0.25, -0.2) is 4.98 Å². The lowest BCUT2D eigenvalue weighted by Gasteiger charge is -2.31. The summed E-state index contributed by atoms with van der Waals surface area (Å²) in [6.07, 6.45) is 5.88. The van der Waals surface area contributed by atoms with Crippen LogP contribution in [0.1, 0.15) is 25.7 Å². The van der Waals surface area contributed by atoms with Gasteiger partial charge >= 0.3 is 0 Å². The van der Waals surface area contributed by atoms with E-state index in [1.807, 2.05) is 24.3 Å². The molecule has 1 aliphatic carbocycles.